The van der Waals surface area contributed by atoms with Gasteiger partial charge in [-0.05, 0) is 99.1 Å². The second kappa shape index (κ2) is 9.05. The molecule has 2 aromatic heterocycles. The van der Waals surface area contributed by atoms with Crippen molar-refractivity contribution in [3.8, 4) is 17.0 Å². The minimum absolute atomic E-state index is 0.203. The first-order valence-corrected chi connectivity index (χ1v) is 12.6. The molecule has 4 heterocycles. The molecule has 1 fully saturated rings. The first-order chi connectivity index (χ1) is 17.9. The van der Waals surface area contributed by atoms with Gasteiger partial charge in [0.05, 0.1) is 16.8 Å². The van der Waals surface area contributed by atoms with Crippen LogP contribution in [0.2, 0.25) is 0 Å². The van der Waals surface area contributed by atoms with Crippen LogP contribution in [0.3, 0.4) is 0 Å². The Kier molecular flexibility index (Phi) is 5.68. The molecule has 1 saturated heterocycles. The van der Waals surface area contributed by atoms with E-state index in [0.717, 1.165) is 42.6 Å². The van der Waals surface area contributed by atoms with E-state index >= 15 is 0 Å². The quantitative estimate of drug-likeness (QED) is 0.320. The molecule has 6 rings (SSSR count). The fourth-order valence-electron chi connectivity index (χ4n) is 5.05. The van der Waals surface area contributed by atoms with Gasteiger partial charge in [-0.2, -0.15) is 0 Å². The number of hydrogen-bond acceptors (Lipinski definition) is 6. The third kappa shape index (κ3) is 4.44. The van der Waals surface area contributed by atoms with Crippen molar-refractivity contribution >= 4 is 33.9 Å². The number of hydrogen-bond donors (Lipinski definition) is 4. The first kappa shape index (κ1) is 23.2. The van der Waals surface area contributed by atoms with Crippen molar-refractivity contribution in [1.29, 1.82) is 0 Å². The Morgan fingerprint density at radius 3 is 2.57 bits per heavy atom. The number of anilines is 3. The minimum atomic E-state index is -0.933. The maximum absolute atomic E-state index is 12.8. The Morgan fingerprint density at radius 2 is 1.78 bits per heavy atom. The monoisotopic (exact) mass is 495 g/mol. The Labute approximate surface area is 214 Å². The second-order valence-corrected chi connectivity index (χ2v) is 10.2. The highest BCUT2D eigenvalue weighted by atomic mass is 16.5. The molecule has 2 aliphatic rings. The number of nitrogens with one attached hydrogen (secondary N) is 4. The molecule has 4 aromatic rings. The van der Waals surface area contributed by atoms with Gasteiger partial charge in [0, 0.05) is 17.4 Å². The van der Waals surface area contributed by atoms with Crippen LogP contribution >= 0.6 is 0 Å². The zero-order valence-electron chi connectivity index (χ0n) is 20.9. The van der Waals surface area contributed by atoms with Gasteiger partial charge in [-0.15, -0.1) is 0 Å². The van der Waals surface area contributed by atoms with Crippen LogP contribution < -0.4 is 26.2 Å². The van der Waals surface area contributed by atoms with Crippen LogP contribution in [0.5, 0.6) is 5.75 Å². The van der Waals surface area contributed by atoms with E-state index in [4.69, 9.17) is 9.72 Å². The maximum Gasteiger partial charge on any atom is 0.268 e. The van der Waals surface area contributed by atoms with Crippen molar-refractivity contribution in [2.45, 2.75) is 38.2 Å². The molecule has 37 heavy (non-hydrogen) atoms. The lowest BCUT2D eigenvalue weighted by Crippen LogP contribution is -2.45. The van der Waals surface area contributed by atoms with E-state index in [2.05, 4.69) is 33.1 Å². The van der Waals surface area contributed by atoms with Crippen molar-refractivity contribution in [1.82, 2.24) is 15.3 Å². The average Bonchev–Trinajstić information content (AvgIpc) is 2.90. The normalized spacial score (nSPS) is 17.1. The fourth-order valence-corrected chi connectivity index (χ4v) is 5.05. The summed E-state index contributed by atoms with van der Waals surface area (Å²) in [5, 5.41) is 11.0. The fraction of sp³-hybridized carbons (Fsp3) is 0.276. The van der Waals surface area contributed by atoms with Crippen LogP contribution in [0, 0.1) is 0 Å². The summed E-state index contributed by atoms with van der Waals surface area (Å²) in [7, 11) is 0. The van der Waals surface area contributed by atoms with E-state index < -0.39 is 5.60 Å². The van der Waals surface area contributed by atoms with Gasteiger partial charge in [-0.25, -0.2) is 4.98 Å². The summed E-state index contributed by atoms with van der Waals surface area (Å²) in [5.41, 5.74) is 3.12. The van der Waals surface area contributed by atoms with Crippen molar-refractivity contribution < 1.29 is 9.53 Å². The van der Waals surface area contributed by atoms with Gasteiger partial charge >= 0.3 is 0 Å². The Morgan fingerprint density at radius 1 is 1.00 bits per heavy atom. The SMILES string of the molecule is CC1(C)Oc2ccc(-c3cc4cc[nH]c(=O)c4c(Nc4ccc(C5CCNCC5)cc4)n3)cc2NC1=O. The number of piperidine rings is 1. The highest BCUT2D eigenvalue weighted by molar-refractivity contribution is 6.01. The molecule has 0 spiro atoms. The average molecular weight is 496 g/mol. The molecule has 0 aliphatic carbocycles. The first-order valence-electron chi connectivity index (χ1n) is 12.6. The number of carbonyl (C=O) groups is 1. The van der Waals surface area contributed by atoms with Gasteiger partial charge in [-0.3, -0.25) is 9.59 Å². The molecular weight excluding hydrogens is 466 g/mol. The molecule has 0 bridgehead atoms. The van der Waals surface area contributed by atoms with Gasteiger partial charge in [0.1, 0.15) is 11.6 Å². The highest BCUT2D eigenvalue weighted by Crippen LogP contribution is 2.37. The van der Waals surface area contributed by atoms with E-state index in [1.807, 2.05) is 42.5 Å². The molecule has 0 atom stereocenters. The van der Waals surface area contributed by atoms with E-state index in [9.17, 15) is 9.59 Å². The standard InChI is InChI=1S/C29H29N5O3/c1-29(2)28(36)34-23-15-19(5-8-24(23)37-29)22-16-20-11-14-31-27(35)25(20)26(33-22)32-21-6-3-17(4-7-21)18-9-12-30-13-10-18/h3-8,11,14-16,18,30H,9-10,12-13H2,1-2H3,(H,31,35)(H,32,33)(H,34,36). The third-order valence-electron chi connectivity index (χ3n) is 7.17. The molecule has 4 N–H and O–H groups in total. The summed E-state index contributed by atoms with van der Waals surface area (Å²) in [4.78, 5) is 32.8. The van der Waals surface area contributed by atoms with Crippen LogP contribution in [0.25, 0.3) is 22.0 Å². The number of aromatic amines is 1. The van der Waals surface area contributed by atoms with Crippen LogP contribution in [0.15, 0.2) is 65.6 Å². The van der Waals surface area contributed by atoms with E-state index in [1.54, 1.807) is 20.0 Å². The largest absolute Gasteiger partial charge is 0.476 e. The Bertz CT molecular complexity index is 1550. The summed E-state index contributed by atoms with van der Waals surface area (Å²) in [5.74, 6) is 1.45. The van der Waals surface area contributed by atoms with Crippen molar-refractivity contribution in [2.75, 3.05) is 23.7 Å². The van der Waals surface area contributed by atoms with Gasteiger partial charge in [0.25, 0.3) is 11.5 Å². The lowest BCUT2D eigenvalue weighted by Gasteiger charge is -2.31. The number of pyridine rings is 2. The molecule has 0 saturated carbocycles. The molecule has 188 valence electrons. The highest BCUT2D eigenvalue weighted by Gasteiger charge is 2.35. The predicted octanol–water partition coefficient (Wildman–Crippen LogP) is 4.91. The molecular formula is C29H29N5O3. The molecule has 8 heteroatoms. The molecule has 8 nitrogen and oxygen atoms in total. The number of benzene rings is 2. The van der Waals surface area contributed by atoms with Gasteiger partial charge in [0.2, 0.25) is 0 Å². The summed E-state index contributed by atoms with van der Waals surface area (Å²) < 4.78 is 5.87. The van der Waals surface area contributed by atoms with Crippen molar-refractivity contribution in [3.05, 3.63) is 76.7 Å². The van der Waals surface area contributed by atoms with Crippen LogP contribution in [-0.2, 0) is 4.79 Å². The van der Waals surface area contributed by atoms with Crippen LogP contribution in [-0.4, -0.2) is 34.6 Å². The van der Waals surface area contributed by atoms with E-state index in [0.29, 0.717) is 34.3 Å². The molecule has 0 unspecified atom stereocenters. The molecule has 0 radical (unpaired) electrons. The lowest BCUT2D eigenvalue weighted by atomic mass is 9.90. The number of ether oxygens (including phenoxy) is 1. The predicted molar refractivity (Wildman–Crippen MR) is 146 cm³/mol. The zero-order chi connectivity index (χ0) is 25.6. The number of H-pyrrole nitrogens is 1. The zero-order valence-corrected chi connectivity index (χ0v) is 20.9. The van der Waals surface area contributed by atoms with Crippen molar-refractivity contribution in [3.63, 3.8) is 0 Å². The number of fused-ring (bicyclic) bond motifs is 2. The van der Waals surface area contributed by atoms with E-state index in [1.165, 1.54) is 5.56 Å². The topological polar surface area (TPSA) is 108 Å². The van der Waals surface area contributed by atoms with Gasteiger partial charge in [-0.1, -0.05) is 12.1 Å². The number of aromatic nitrogens is 2. The van der Waals surface area contributed by atoms with Gasteiger partial charge < -0.3 is 25.7 Å². The molecule has 2 aromatic carbocycles. The Balaban J connectivity index is 1.37. The van der Waals surface area contributed by atoms with Gasteiger partial charge in [0.15, 0.2) is 5.60 Å². The Hall–Kier alpha value is -4.17. The second-order valence-electron chi connectivity index (χ2n) is 10.2. The number of nitrogens with zero attached hydrogens (tertiary/aromatic N) is 1. The summed E-state index contributed by atoms with van der Waals surface area (Å²) in [6, 6.07) is 17.7. The summed E-state index contributed by atoms with van der Waals surface area (Å²) in [6.07, 6.45) is 3.91. The molecule has 2 aliphatic heterocycles. The smallest absolute Gasteiger partial charge is 0.268 e. The third-order valence-corrected chi connectivity index (χ3v) is 7.17. The van der Waals surface area contributed by atoms with Crippen LogP contribution in [0.1, 0.15) is 38.2 Å². The summed E-state index contributed by atoms with van der Waals surface area (Å²) >= 11 is 0. The number of carbonyl (C=O) groups excluding carboxylic acids is 1. The van der Waals surface area contributed by atoms with E-state index in [-0.39, 0.29) is 11.5 Å². The lowest BCUT2D eigenvalue weighted by molar-refractivity contribution is -0.129. The number of rotatable bonds is 4. The molecule has 1 amide bonds. The maximum atomic E-state index is 12.8. The minimum Gasteiger partial charge on any atom is -0.476 e. The summed E-state index contributed by atoms with van der Waals surface area (Å²) in [6.45, 7) is 5.57. The van der Waals surface area contributed by atoms with Crippen molar-refractivity contribution in [2.24, 2.45) is 0 Å². The number of amides is 1. The van der Waals surface area contributed by atoms with Crippen LogP contribution in [0.4, 0.5) is 17.2 Å².